The van der Waals surface area contributed by atoms with E-state index in [9.17, 15) is 4.79 Å². The lowest BCUT2D eigenvalue weighted by Crippen LogP contribution is -2.22. The summed E-state index contributed by atoms with van der Waals surface area (Å²) in [7, 11) is 1.55. The highest BCUT2D eigenvalue weighted by molar-refractivity contribution is 5.43. The first-order valence-corrected chi connectivity index (χ1v) is 7.84. The van der Waals surface area contributed by atoms with Gasteiger partial charge in [-0.15, -0.1) is 0 Å². The molecule has 4 rings (SSSR count). The topological polar surface area (TPSA) is 75.1 Å². The average molecular weight is 328 g/mol. The third-order valence-corrected chi connectivity index (χ3v) is 4.19. The van der Waals surface area contributed by atoms with Crippen molar-refractivity contribution in [2.75, 3.05) is 0 Å². The third kappa shape index (κ3) is 2.51. The monoisotopic (exact) mass is 328 g/mol. The SMILES string of the molecule is [3H]c1ccc(OCc2c(-n3nnn(C)c3=O)coc2C2CC2)c(C)c1. The van der Waals surface area contributed by atoms with Crippen LogP contribution in [0.25, 0.3) is 5.69 Å². The van der Waals surface area contributed by atoms with Gasteiger partial charge in [-0.1, -0.05) is 18.2 Å². The van der Waals surface area contributed by atoms with Crippen molar-refractivity contribution in [2.45, 2.75) is 32.3 Å². The Bertz CT molecular complexity index is 984. The van der Waals surface area contributed by atoms with Crippen LogP contribution in [0.3, 0.4) is 0 Å². The van der Waals surface area contributed by atoms with Crippen molar-refractivity contribution in [2.24, 2.45) is 7.05 Å². The molecule has 0 aliphatic heterocycles. The Morgan fingerprint density at radius 2 is 2.25 bits per heavy atom. The molecule has 0 amide bonds. The van der Waals surface area contributed by atoms with Crippen molar-refractivity contribution in [3.8, 4) is 11.4 Å². The van der Waals surface area contributed by atoms with Gasteiger partial charge < -0.3 is 9.15 Å². The predicted octanol–water partition coefficient (Wildman–Crippen LogP) is 2.32. The van der Waals surface area contributed by atoms with E-state index in [-0.39, 0.29) is 12.3 Å². The summed E-state index contributed by atoms with van der Waals surface area (Å²) in [6.45, 7) is 2.16. The minimum Gasteiger partial charge on any atom is -0.488 e. The van der Waals surface area contributed by atoms with E-state index < -0.39 is 0 Å². The highest BCUT2D eigenvalue weighted by Gasteiger charge is 2.32. The second-order valence-electron chi connectivity index (χ2n) is 6.02. The summed E-state index contributed by atoms with van der Waals surface area (Å²) < 4.78 is 21.7. The first-order chi connectivity index (χ1) is 12.0. The number of aromatic nitrogens is 4. The summed E-state index contributed by atoms with van der Waals surface area (Å²) >= 11 is 0. The Morgan fingerprint density at radius 3 is 2.92 bits per heavy atom. The van der Waals surface area contributed by atoms with E-state index in [0.717, 1.165) is 29.7 Å². The minimum atomic E-state index is -0.334. The highest BCUT2D eigenvalue weighted by Crippen LogP contribution is 2.43. The first-order valence-electron chi connectivity index (χ1n) is 8.34. The van der Waals surface area contributed by atoms with Gasteiger partial charge in [-0.25, -0.2) is 4.79 Å². The van der Waals surface area contributed by atoms with Crippen molar-refractivity contribution in [1.82, 2.24) is 19.8 Å². The Morgan fingerprint density at radius 1 is 1.42 bits per heavy atom. The molecule has 1 saturated carbocycles. The summed E-state index contributed by atoms with van der Waals surface area (Å²) in [4.78, 5) is 12.2. The number of nitrogens with zero attached hydrogens (tertiary/aromatic N) is 4. The number of rotatable bonds is 5. The largest absolute Gasteiger partial charge is 0.488 e. The van der Waals surface area contributed by atoms with Gasteiger partial charge in [0, 0.05) is 13.0 Å². The zero-order valence-electron chi connectivity index (χ0n) is 14.5. The van der Waals surface area contributed by atoms with Gasteiger partial charge in [-0.05, 0) is 41.8 Å². The van der Waals surface area contributed by atoms with E-state index in [1.807, 2.05) is 6.92 Å². The van der Waals surface area contributed by atoms with Crippen LogP contribution in [0.5, 0.6) is 5.75 Å². The molecule has 0 atom stereocenters. The number of aryl methyl sites for hydroxylation is 2. The molecule has 124 valence electrons. The fraction of sp³-hybridized carbons (Fsp3) is 0.353. The van der Waals surface area contributed by atoms with Crippen molar-refractivity contribution in [1.29, 1.82) is 0 Å². The molecule has 2 heterocycles. The van der Waals surface area contributed by atoms with Crippen LogP contribution in [0.4, 0.5) is 0 Å². The van der Waals surface area contributed by atoms with E-state index >= 15 is 0 Å². The van der Waals surface area contributed by atoms with E-state index in [4.69, 9.17) is 10.5 Å². The summed E-state index contributed by atoms with van der Waals surface area (Å²) in [5.41, 5.74) is 1.94. The maximum absolute atomic E-state index is 12.2. The van der Waals surface area contributed by atoms with Crippen molar-refractivity contribution >= 4 is 0 Å². The van der Waals surface area contributed by atoms with E-state index in [1.54, 1.807) is 31.5 Å². The fourth-order valence-corrected chi connectivity index (χ4v) is 2.67. The minimum absolute atomic E-state index is 0.263. The maximum atomic E-state index is 12.2. The molecule has 7 heteroatoms. The molecule has 24 heavy (non-hydrogen) atoms. The van der Waals surface area contributed by atoms with E-state index in [2.05, 4.69) is 10.4 Å². The smallest absolute Gasteiger partial charge is 0.368 e. The van der Waals surface area contributed by atoms with Crippen molar-refractivity contribution in [3.05, 3.63) is 57.9 Å². The van der Waals surface area contributed by atoms with E-state index in [1.165, 1.54) is 9.36 Å². The molecule has 7 nitrogen and oxygen atoms in total. The van der Waals surface area contributed by atoms with Crippen LogP contribution in [-0.4, -0.2) is 19.8 Å². The molecule has 0 bridgehead atoms. The molecule has 0 N–H and O–H groups in total. The fourth-order valence-electron chi connectivity index (χ4n) is 2.67. The zero-order chi connectivity index (χ0) is 17.6. The molecule has 0 spiro atoms. The molecule has 1 fully saturated rings. The van der Waals surface area contributed by atoms with Crippen molar-refractivity contribution in [3.63, 3.8) is 0 Å². The molecule has 1 aliphatic carbocycles. The van der Waals surface area contributed by atoms with Gasteiger partial charge in [0.2, 0.25) is 0 Å². The molecular weight excluding hydrogens is 308 g/mol. The van der Waals surface area contributed by atoms with Crippen LogP contribution in [0.15, 0.2) is 39.7 Å². The van der Waals surface area contributed by atoms with Gasteiger partial charge in [0.1, 0.15) is 30.1 Å². The molecular formula is C17H18N4O3. The lowest BCUT2D eigenvalue weighted by Gasteiger charge is -2.10. The van der Waals surface area contributed by atoms with Gasteiger partial charge in [0.05, 0.1) is 6.93 Å². The summed E-state index contributed by atoms with van der Waals surface area (Å²) in [6, 6.07) is 5.66. The van der Waals surface area contributed by atoms with E-state index in [0.29, 0.717) is 23.4 Å². The van der Waals surface area contributed by atoms with Gasteiger partial charge in [-0.2, -0.15) is 9.36 Å². The Kier molecular flexibility index (Phi) is 3.21. The van der Waals surface area contributed by atoms with Gasteiger partial charge in [-0.3, -0.25) is 0 Å². The molecule has 1 aromatic carbocycles. The molecule has 2 aromatic heterocycles. The van der Waals surface area contributed by atoms with Crippen LogP contribution >= 0.6 is 0 Å². The number of para-hydroxylation sites is 1. The maximum Gasteiger partial charge on any atom is 0.368 e. The number of tetrazole rings is 1. The number of hydrogen-bond acceptors (Lipinski definition) is 5. The summed E-state index contributed by atoms with van der Waals surface area (Å²) in [6.07, 6.45) is 3.69. The van der Waals surface area contributed by atoms with Crippen LogP contribution in [0, 0.1) is 6.92 Å². The Labute approximate surface area is 139 Å². The number of hydrogen-bond donors (Lipinski definition) is 0. The van der Waals surface area contributed by atoms with Crippen LogP contribution < -0.4 is 10.4 Å². The number of furan rings is 1. The zero-order valence-corrected chi connectivity index (χ0v) is 13.5. The molecule has 0 saturated heterocycles. The molecule has 0 radical (unpaired) electrons. The van der Waals surface area contributed by atoms with Crippen molar-refractivity contribution < 1.29 is 10.5 Å². The lowest BCUT2D eigenvalue weighted by molar-refractivity contribution is 0.299. The average Bonchev–Trinajstić information content (AvgIpc) is 3.27. The summed E-state index contributed by atoms with van der Waals surface area (Å²) in [5, 5.41) is 7.66. The number of benzene rings is 1. The molecule has 1 aliphatic rings. The van der Waals surface area contributed by atoms with Gasteiger partial charge >= 0.3 is 5.69 Å². The predicted molar refractivity (Wildman–Crippen MR) is 86.4 cm³/mol. The number of ether oxygens (including phenoxy) is 1. The Balaban J connectivity index is 1.69. The second kappa shape index (κ2) is 5.67. The second-order valence-corrected chi connectivity index (χ2v) is 6.02. The van der Waals surface area contributed by atoms with Gasteiger partial charge in [0.25, 0.3) is 0 Å². The normalized spacial score (nSPS) is 14.7. The third-order valence-electron chi connectivity index (χ3n) is 4.19. The van der Waals surface area contributed by atoms with Crippen LogP contribution in [0.2, 0.25) is 0 Å². The Hall–Kier alpha value is -2.83. The standard InChI is InChI=1S/C17H18N4O3/c1-11-5-3-4-6-15(11)23-9-13-14(10-24-16(13)12-7-8-12)21-17(22)20(2)18-19-21/h3-6,10,12H,7-9H2,1-2H3/i3T. The lowest BCUT2D eigenvalue weighted by atomic mass is 10.1. The summed E-state index contributed by atoms with van der Waals surface area (Å²) in [5.74, 6) is 1.93. The molecule has 0 unspecified atom stereocenters. The first kappa shape index (κ1) is 13.6. The quantitative estimate of drug-likeness (QED) is 0.718. The van der Waals surface area contributed by atoms with Crippen LogP contribution in [-0.2, 0) is 13.7 Å². The molecule has 3 aromatic rings. The highest BCUT2D eigenvalue weighted by atomic mass is 16.5. The van der Waals surface area contributed by atoms with Crippen LogP contribution in [0.1, 0.15) is 37.0 Å². The van der Waals surface area contributed by atoms with Gasteiger partial charge in [0.15, 0.2) is 0 Å².